The van der Waals surface area contributed by atoms with Crippen LogP contribution in [-0.4, -0.2) is 72.0 Å². The molecule has 2 amide bonds. The summed E-state index contributed by atoms with van der Waals surface area (Å²) in [7, 11) is 1.79. The molecule has 1 atom stereocenters. The lowest BCUT2D eigenvalue weighted by Gasteiger charge is -2.39. The second-order valence-electron chi connectivity index (χ2n) is 7.03. The highest BCUT2D eigenvalue weighted by molar-refractivity contribution is 7.11. The molecule has 0 saturated carbocycles. The number of likely N-dealkylation sites (N-methyl/N-ethyl adjacent to an activating group) is 1. The van der Waals surface area contributed by atoms with Gasteiger partial charge in [0, 0.05) is 38.0 Å². The van der Waals surface area contributed by atoms with Crippen molar-refractivity contribution >= 4 is 23.2 Å². The molecule has 162 valence electrons. The molecule has 2 aromatic rings. The molecule has 0 radical (unpaired) electrons. The minimum atomic E-state index is -4.98. The quantitative estimate of drug-likeness (QED) is 0.719. The molecular weight excluding hydrogens is 424 g/mol. The normalized spacial score (nSPS) is 17.8. The number of amides is 2. The Morgan fingerprint density at radius 1 is 1.27 bits per heavy atom. The van der Waals surface area contributed by atoms with E-state index in [0.29, 0.717) is 30.9 Å². The fraction of sp³-hybridized carbons (Fsp3) is 0.421. The monoisotopic (exact) mass is 444 g/mol. The standard InChI is InChI=1S/C19H20F4N4O2S/c1-26-6-7-27(14(10-26)9-24-18(29)19(21,22)23)17(28)16-25-13(11-30-16)8-12-4-2-3-5-15(12)20/h2-5,11,14H,6-10H2,1H3,(H,24,29)/t14-/m0/s1. The number of thiazole rings is 1. The lowest BCUT2D eigenvalue weighted by molar-refractivity contribution is -0.173. The molecule has 0 spiro atoms. The minimum Gasteiger partial charge on any atom is -0.346 e. The van der Waals surface area contributed by atoms with E-state index in [4.69, 9.17) is 0 Å². The number of piperazine rings is 1. The summed E-state index contributed by atoms with van der Waals surface area (Å²) < 4.78 is 51.3. The number of rotatable bonds is 5. The number of alkyl halides is 3. The zero-order valence-corrected chi connectivity index (χ0v) is 16.9. The predicted octanol–water partition coefficient (Wildman–Crippen LogP) is 2.31. The Balaban J connectivity index is 1.70. The average molecular weight is 444 g/mol. The van der Waals surface area contributed by atoms with Crippen molar-refractivity contribution in [1.29, 1.82) is 0 Å². The molecule has 2 heterocycles. The highest BCUT2D eigenvalue weighted by Gasteiger charge is 2.40. The van der Waals surface area contributed by atoms with E-state index in [1.54, 1.807) is 30.6 Å². The number of carbonyl (C=O) groups is 2. The van der Waals surface area contributed by atoms with Gasteiger partial charge in [-0.15, -0.1) is 11.3 Å². The van der Waals surface area contributed by atoms with Crippen LogP contribution in [0, 0.1) is 5.82 Å². The number of hydrogen-bond acceptors (Lipinski definition) is 5. The van der Waals surface area contributed by atoms with Crippen LogP contribution in [-0.2, 0) is 11.2 Å². The van der Waals surface area contributed by atoms with E-state index >= 15 is 0 Å². The van der Waals surface area contributed by atoms with Gasteiger partial charge in [-0.05, 0) is 18.7 Å². The summed E-state index contributed by atoms with van der Waals surface area (Å²) in [5, 5.41) is 3.69. The van der Waals surface area contributed by atoms with Gasteiger partial charge in [0.2, 0.25) is 0 Å². The highest BCUT2D eigenvalue weighted by Crippen LogP contribution is 2.20. The van der Waals surface area contributed by atoms with Gasteiger partial charge in [0.25, 0.3) is 5.91 Å². The minimum absolute atomic E-state index is 0.179. The number of carbonyl (C=O) groups excluding carboxylic acids is 2. The number of aromatic nitrogens is 1. The predicted molar refractivity (Wildman–Crippen MR) is 103 cm³/mol. The molecule has 0 bridgehead atoms. The smallest absolute Gasteiger partial charge is 0.346 e. The molecular formula is C19H20F4N4O2S. The van der Waals surface area contributed by atoms with E-state index < -0.39 is 24.0 Å². The second-order valence-corrected chi connectivity index (χ2v) is 7.89. The second kappa shape index (κ2) is 9.09. The number of hydrogen-bond donors (Lipinski definition) is 1. The maximum atomic E-state index is 13.8. The lowest BCUT2D eigenvalue weighted by atomic mass is 10.1. The van der Waals surface area contributed by atoms with Crippen molar-refractivity contribution in [3.05, 3.63) is 51.7 Å². The SMILES string of the molecule is CN1CCN(C(=O)c2nc(Cc3ccccc3F)cs2)[C@@H](CNC(=O)C(F)(F)F)C1. The highest BCUT2D eigenvalue weighted by atomic mass is 32.1. The Hall–Kier alpha value is -2.53. The van der Waals surface area contributed by atoms with Crippen molar-refractivity contribution < 1.29 is 27.2 Å². The van der Waals surface area contributed by atoms with Gasteiger partial charge in [0.1, 0.15) is 5.82 Å². The Kier molecular flexibility index (Phi) is 6.71. The summed E-state index contributed by atoms with van der Waals surface area (Å²) in [5.74, 6) is -2.82. The van der Waals surface area contributed by atoms with Crippen molar-refractivity contribution in [1.82, 2.24) is 20.1 Å². The number of nitrogens with zero attached hydrogens (tertiary/aromatic N) is 3. The first-order chi connectivity index (χ1) is 14.1. The molecule has 1 aromatic carbocycles. The Labute approximate surface area is 174 Å². The Morgan fingerprint density at radius 2 is 2.00 bits per heavy atom. The van der Waals surface area contributed by atoms with E-state index in [1.807, 2.05) is 10.2 Å². The van der Waals surface area contributed by atoms with Gasteiger partial charge in [-0.1, -0.05) is 18.2 Å². The maximum absolute atomic E-state index is 13.8. The van der Waals surface area contributed by atoms with Crippen LogP contribution in [0.1, 0.15) is 21.1 Å². The van der Waals surface area contributed by atoms with Crippen LogP contribution in [0.3, 0.4) is 0 Å². The summed E-state index contributed by atoms with van der Waals surface area (Å²) in [6, 6.07) is 5.65. The zero-order chi connectivity index (χ0) is 21.9. The summed E-state index contributed by atoms with van der Waals surface area (Å²) in [4.78, 5) is 31.7. The third kappa shape index (κ3) is 5.33. The van der Waals surface area contributed by atoms with E-state index in [9.17, 15) is 27.2 Å². The third-order valence-corrected chi connectivity index (χ3v) is 5.65. The Morgan fingerprint density at radius 3 is 2.70 bits per heavy atom. The van der Waals surface area contributed by atoms with Crippen LogP contribution in [0.4, 0.5) is 17.6 Å². The van der Waals surface area contributed by atoms with Gasteiger partial charge < -0.3 is 15.1 Å². The van der Waals surface area contributed by atoms with Crippen LogP contribution >= 0.6 is 11.3 Å². The topological polar surface area (TPSA) is 65.5 Å². The summed E-state index contributed by atoms with van der Waals surface area (Å²) in [5.41, 5.74) is 0.985. The zero-order valence-electron chi connectivity index (χ0n) is 16.1. The van der Waals surface area contributed by atoms with Gasteiger partial charge in [-0.2, -0.15) is 13.2 Å². The molecule has 6 nitrogen and oxygen atoms in total. The number of benzene rings is 1. The van der Waals surface area contributed by atoms with Gasteiger partial charge in [-0.25, -0.2) is 9.37 Å². The van der Waals surface area contributed by atoms with Gasteiger partial charge in [-0.3, -0.25) is 9.59 Å². The first-order valence-electron chi connectivity index (χ1n) is 9.17. The number of nitrogens with one attached hydrogen (secondary N) is 1. The van der Waals surface area contributed by atoms with Crippen molar-refractivity contribution in [2.75, 3.05) is 33.2 Å². The molecule has 30 heavy (non-hydrogen) atoms. The Bertz CT molecular complexity index is 918. The lowest BCUT2D eigenvalue weighted by Crippen LogP contribution is -2.58. The molecule has 1 aromatic heterocycles. The largest absolute Gasteiger partial charge is 0.471 e. The summed E-state index contributed by atoms with van der Waals surface area (Å²) in [6.07, 6.45) is -4.75. The van der Waals surface area contributed by atoms with Crippen molar-refractivity contribution in [2.45, 2.75) is 18.6 Å². The van der Waals surface area contributed by atoms with E-state index in [0.717, 1.165) is 11.3 Å². The van der Waals surface area contributed by atoms with Gasteiger partial charge in [0.05, 0.1) is 11.7 Å². The molecule has 0 aliphatic carbocycles. The first-order valence-corrected chi connectivity index (χ1v) is 10.1. The van der Waals surface area contributed by atoms with E-state index in [1.165, 1.54) is 11.0 Å². The summed E-state index contributed by atoms with van der Waals surface area (Å²) in [6.45, 7) is 0.840. The van der Waals surface area contributed by atoms with Crippen LogP contribution < -0.4 is 5.32 Å². The van der Waals surface area contributed by atoms with E-state index in [2.05, 4.69) is 4.98 Å². The van der Waals surface area contributed by atoms with Crippen molar-refractivity contribution in [3.8, 4) is 0 Å². The average Bonchev–Trinajstić information content (AvgIpc) is 3.15. The molecule has 11 heteroatoms. The summed E-state index contributed by atoms with van der Waals surface area (Å²) >= 11 is 1.10. The van der Waals surface area contributed by atoms with Crippen LogP contribution in [0.5, 0.6) is 0 Å². The maximum Gasteiger partial charge on any atom is 0.471 e. The van der Waals surface area contributed by atoms with Crippen LogP contribution in [0.25, 0.3) is 0 Å². The fourth-order valence-corrected chi connectivity index (χ4v) is 3.98. The van der Waals surface area contributed by atoms with Crippen molar-refractivity contribution in [2.24, 2.45) is 0 Å². The number of halogens is 4. The first kappa shape index (κ1) is 22.2. The van der Waals surface area contributed by atoms with Crippen LogP contribution in [0.15, 0.2) is 29.6 Å². The molecule has 1 N–H and O–H groups in total. The third-order valence-electron chi connectivity index (χ3n) is 4.77. The van der Waals surface area contributed by atoms with Gasteiger partial charge in [0.15, 0.2) is 5.01 Å². The van der Waals surface area contributed by atoms with E-state index in [-0.39, 0.29) is 23.8 Å². The fourth-order valence-electron chi connectivity index (χ4n) is 3.21. The molecule has 1 aliphatic heterocycles. The van der Waals surface area contributed by atoms with Crippen LogP contribution in [0.2, 0.25) is 0 Å². The van der Waals surface area contributed by atoms with Gasteiger partial charge >= 0.3 is 12.1 Å². The van der Waals surface area contributed by atoms with Crippen molar-refractivity contribution in [3.63, 3.8) is 0 Å². The molecule has 1 fully saturated rings. The molecule has 0 unspecified atom stereocenters. The molecule has 1 aliphatic rings. The molecule has 1 saturated heterocycles. The molecule has 3 rings (SSSR count).